The Balaban J connectivity index is 2.09. The molecule has 2 aromatic carbocycles. The Bertz CT molecular complexity index is 628. The average molecular weight is 269 g/mol. The standard InChI is InChI=1S/C14H15N5O/c15-10-3-7-11(8-4-10)18-13(20)9-1-5-12(6-2-9)19-14(16)17/h1-8H,15H2,(H,18,20)(H4,16,17,19). The molecule has 0 aromatic heterocycles. The molecule has 0 aliphatic rings. The summed E-state index contributed by atoms with van der Waals surface area (Å²) in [5, 5.41) is 2.77. The maximum atomic E-state index is 12.0. The van der Waals surface area contributed by atoms with Crippen molar-refractivity contribution in [1.82, 2.24) is 0 Å². The predicted octanol–water partition coefficient (Wildman–Crippen LogP) is 1.43. The number of guanidine groups is 1. The number of hydrogen-bond donors (Lipinski definition) is 4. The number of carbonyl (C=O) groups excluding carboxylic acids is 1. The zero-order chi connectivity index (χ0) is 14.5. The summed E-state index contributed by atoms with van der Waals surface area (Å²) in [5.74, 6) is -0.241. The molecule has 0 spiro atoms. The molecule has 2 aromatic rings. The minimum Gasteiger partial charge on any atom is -0.399 e. The lowest BCUT2D eigenvalue weighted by atomic mass is 10.2. The van der Waals surface area contributed by atoms with Crippen LogP contribution in [0.15, 0.2) is 53.5 Å². The van der Waals surface area contributed by atoms with Crippen molar-refractivity contribution in [3.05, 3.63) is 54.1 Å². The molecule has 0 aliphatic carbocycles. The molecule has 0 saturated heterocycles. The molecule has 7 N–H and O–H groups in total. The van der Waals surface area contributed by atoms with E-state index in [0.29, 0.717) is 22.6 Å². The molecule has 2 rings (SSSR count). The Morgan fingerprint density at radius 3 is 2.10 bits per heavy atom. The summed E-state index contributed by atoms with van der Waals surface area (Å²) in [6.45, 7) is 0. The lowest BCUT2D eigenvalue weighted by Gasteiger charge is -2.05. The van der Waals surface area contributed by atoms with Gasteiger partial charge in [0, 0.05) is 16.9 Å². The number of nitrogens with two attached hydrogens (primary N) is 3. The highest BCUT2D eigenvalue weighted by molar-refractivity contribution is 6.04. The fourth-order valence-corrected chi connectivity index (χ4v) is 1.61. The first-order chi connectivity index (χ1) is 9.54. The summed E-state index contributed by atoms with van der Waals surface area (Å²) in [7, 11) is 0. The highest BCUT2D eigenvalue weighted by Crippen LogP contribution is 2.15. The summed E-state index contributed by atoms with van der Waals surface area (Å²) in [6, 6.07) is 13.5. The number of hydrogen-bond acceptors (Lipinski definition) is 3. The van der Waals surface area contributed by atoms with Crippen molar-refractivity contribution in [2.45, 2.75) is 0 Å². The second-order valence-electron chi connectivity index (χ2n) is 4.16. The molecule has 20 heavy (non-hydrogen) atoms. The molecule has 0 fully saturated rings. The maximum absolute atomic E-state index is 12.0. The van der Waals surface area contributed by atoms with Crippen LogP contribution in [-0.2, 0) is 0 Å². The number of rotatable bonds is 3. The molecule has 0 atom stereocenters. The highest BCUT2D eigenvalue weighted by atomic mass is 16.1. The van der Waals surface area contributed by atoms with Crippen LogP contribution in [-0.4, -0.2) is 11.9 Å². The van der Waals surface area contributed by atoms with E-state index >= 15 is 0 Å². The Labute approximate surface area is 116 Å². The number of nitrogens with one attached hydrogen (secondary N) is 1. The normalized spacial score (nSPS) is 9.80. The third-order valence-electron chi connectivity index (χ3n) is 2.56. The van der Waals surface area contributed by atoms with E-state index in [4.69, 9.17) is 17.2 Å². The predicted molar refractivity (Wildman–Crippen MR) is 80.7 cm³/mol. The fraction of sp³-hybridized carbons (Fsp3) is 0. The number of nitrogen functional groups attached to an aromatic ring is 1. The summed E-state index contributed by atoms with van der Waals surface area (Å²) in [6.07, 6.45) is 0. The van der Waals surface area contributed by atoms with E-state index in [9.17, 15) is 4.79 Å². The number of aliphatic imine (C=N–C) groups is 1. The van der Waals surface area contributed by atoms with Crippen LogP contribution < -0.4 is 22.5 Å². The SMILES string of the molecule is NC(N)=Nc1ccc(C(=O)Nc2ccc(N)cc2)cc1. The molecule has 6 nitrogen and oxygen atoms in total. The zero-order valence-corrected chi connectivity index (χ0v) is 10.7. The largest absolute Gasteiger partial charge is 0.399 e. The van der Waals surface area contributed by atoms with E-state index in [1.165, 1.54) is 0 Å². The van der Waals surface area contributed by atoms with Crippen LogP contribution in [0.25, 0.3) is 0 Å². The van der Waals surface area contributed by atoms with E-state index < -0.39 is 0 Å². The Morgan fingerprint density at radius 1 is 0.950 bits per heavy atom. The van der Waals surface area contributed by atoms with Gasteiger partial charge in [0.05, 0.1) is 5.69 Å². The monoisotopic (exact) mass is 269 g/mol. The fourth-order valence-electron chi connectivity index (χ4n) is 1.61. The molecule has 0 heterocycles. The van der Waals surface area contributed by atoms with Crippen LogP contribution in [0, 0.1) is 0 Å². The number of benzene rings is 2. The summed E-state index contributed by atoms with van der Waals surface area (Å²) < 4.78 is 0. The molecule has 6 heteroatoms. The topological polar surface area (TPSA) is 120 Å². The summed E-state index contributed by atoms with van der Waals surface area (Å²) >= 11 is 0. The van der Waals surface area contributed by atoms with Crippen LogP contribution >= 0.6 is 0 Å². The highest BCUT2D eigenvalue weighted by Gasteiger charge is 2.05. The van der Waals surface area contributed by atoms with Crippen molar-refractivity contribution in [3.63, 3.8) is 0 Å². The number of carbonyl (C=O) groups is 1. The van der Waals surface area contributed by atoms with Gasteiger partial charge in [-0.15, -0.1) is 0 Å². The zero-order valence-electron chi connectivity index (χ0n) is 10.7. The van der Waals surface area contributed by atoms with Gasteiger partial charge in [-0.05, 0) is 48.5 Å². The van der Waals surface area contributed by atoms with Gasteiger partial charge in [0.2, 0.25) is 0 Å². The first-order valence-corrected chi connectivity index (χ1v) is 5.91. The van der Waals surface area contributed by atoms with Crippen LogP contribution in [0.5, 0.6) is 0 Å². The van der Waals surface area contributed by atoms with Gasteiger partial charge in [-0.2, -0.15) is 0 Å². The van der Waals surface area contributed by atoms with Gasteiger partial charge in [0.15, 0.2) is 5.96 Å². The first kappa shape index (κ1) is 13.4. The van der Waals surface area contributed by atoms with Crippen molar-refractivity contribution >= 4 is 28.9 Å². The van der Waals surface area contributed by atoms with Gasteiger partial charge >= 0.3 is 0 Å². The third kappa shape index (κ3) is 3.49. The van der Waals surface area contributed by atoms with Gasteiger partial charge in [-0.1, -0.05) is 0 Å². The van der Waals surface area contributed by atoms with E-state index in [1.807, 2.05) is 0 Å². The van der Waals surface area contributed by atoms with Crippen molar-refractivity contribution in [2.75, 3.05) is 11.1 Å². The molecule has 0 bridgehead atoms. The van der Waals surface area contributed by atoms with E-state index in [2.05, 4.69) is 10.3 Å². The molecule has 0 saturated carbocycles. The van der Waals surface area contributed by atoms with Crippen molar-refractivity contribution in [1.29, 1.82) is 0 Å². The minimum atomic E-state index is -0.217. The Kier molecular flexibility index (Phi) is 3.85. The third-order valence-corrected chi connectivity index (χ3v) is 2.56. The average Bonchev–Trinajstić information content (AvgIpc) is 2.41. The summed E-state index contributed by atoms with van der Waals surface area (Å²) in [4.78, 5) is 15.9. The Morgan fingerprint density at radius 2 is 1.55 bits per heavy atom. The van der Waals surface area contributed by atoms with Crippen LogP contribution in [0.3, 0.4) is 0 Å². The van der Waals surface area contributed by atoms with Crippen LogP contribution in [0.2, 0.25) is 0 Å². The molecule has 0 radical (unpaired) electrons. The lowest BCUT2D eigenvalue weighted by Crippen LogP contribution is -2.21. The maximum Gasteiger partial charge on any atom is 0.255 e. The van der Waals surface area contributed by atoms with Crippen LogP contribution in [0.4, 0.5) is 17.1 Å². The van der Waals surface area contributed by atoms with Crippen molar-refractivity contribution < 1.29 is 4.79 Å². The van der Waals surface area contributed by atoms with Gasteiger partial charge in [-0.3, -0.25) is 4.79 Å². The van der Waals surface area contributed by atoms with Crippen molar-refractivity contribution in [2.24, 2.45) is 16.5 Å². The van der Waals surface area contributed by atoms with Gasteiger partial charge in [0.1, 0.15) is 0 Å². The molecule has 102 valence electrons. The van der Waals surface area contributed by atoms with Gasteiger partial charge in [0.25, 0.3) is 5.91 Å². The summed E-state index contributed by atoms with van der Waals surface area (Å²) in [5.41, 5.74) is 18.6. The minimum absolute atomic E-state index is 0.0240. The lowest BCUT2D eigenvalue weighted by molar-refractivity contribution is 0.102. The quantitative estimate of drug-likeness (QED) is 0.382. The number of anilines is 2. The Hall–Kier alpha value is -3.02. The second kappa shape index (κ2) is 5.75. The van der Waals surface area contributed by atoms with E-state index in [-0.39, 0.29) is 11.9 Å². The number of amides is 1. The first-order valence-electron chi connectivity index (χ1n) is 5.91. The van der Waals surface area contributed by atoms with Crippen molar-refractivity contribution in [3.8, 4) is 0 Å². The molecule has 0 unspecified atom stereocenters. The van der Waals surface area contributed by atoms with Gasteiger partial charge in [-0.25, -0.2) is 4.99 Å². The smallest absolute Gasteiger partial charge is 0.255 e. The van der Waals surface area contributed by atoms with Gasteiger partial charge < -0.3 is 22.5 Å². The molecule has 0 aliphatic heterocycles. The molecule has 1 amide bonds. The van der Waals surface area contributed by atoms with E-state index in [0.717, 1.165) is 0 Å². The second-order valence-corrected chi connectivity index (χ2v) is 4.16. The van der Waals surface area contributed by atoms with Crippen LogP contribution in [0.1, 0.15) is 10.4 Å². The number of nitrogens with zero attached hydrogens (tertiary/aromatic N) is 1. The molecular weight excluding hydrogens is 254 g/mol. The molecular formula is C14H15N5O. The van der Waals surface area contributed by atoms with E-state index in [1.54, 1.807) is 48.5 Å².